The summed E-state index contributed by atoms with van der Waals surface area (Å²) in [5.74, 6) is -0.0430. The molecule has 4 rings (SSSR count). The highest BCUT2D eigenvalue weighted by Gasteiger charge is 2.27. The predicted molar refractivity (Wildman–Crippen MR) is 105 cm³/mol. The van der Waals surface area contributed by atoms with Crippen molar-refractivity contribution < 1.29 is 13.2 Å². The molecule has 136 valence electrons. The molecule has 0 aliphatic carbocycles. The van der Waals surface area contributed by atoms with E-state index >= 15 is 0 Å². The molecule has 0 saturated carbocycles. The Morgan fingerprint density at radius 1 is 0.889 bits per heavy atom. The second-order valence-corrected chi connectivity index (χ2v) is 8.20. The lowest BCUT2D eigenvalue weighted by atomic mass is 10.1. The van der Waals surface area contributed by atoms with Crippen LogP contribution < -0.4 is 9.62 Å². The molecule has 3 aromatic rings. The lowest BCUT2D eigenvalue weighted by Crippen LogP contribution is -2.22. The van der Waals surface area contributed by atoms with Gasteiger partial charge < -0.3 is 4.90 Å². The number of sulfonamides is 1. The van der Waals surface area contributed by atoms with Crippen LogP contribution in [-0.4, -0.2) is 14.3 Å². The fourth-order valence-electron chi connectivity index (χ4n) is 3.10. The van der Waals surface area contributed by atoms with Gasteiger partial charge in [-0.15, -0.1) is 0 Å². The number of fused-ring (bicyclic) bond motifs is 1. The standard InChI is InChI=1S/C21H18N2O3S/c1-15-6-12-19(13-7-15)27(25,26)22-17-8-10-18(11-9-17)23-14-16-4-2-3-5-20(16)21(23)24/h2-13,22H,14H2,1H3. The largest absolute Gasteiger partial charge is 0.304 e. The minimum absolute atomic E-state index is 0.0430. The van der Waals surface area contributed by atoms with Crippen LogP contribution in [0.3, 0.4) is 0 Å². The van der Waals surface area contributed by atoms with Crippen LogP contribution in [0.25, 0.3) is 0 Å². The first-order chi connectivity index (χ1) is 12.9. The van der Waals surface area contributed by atoms with E-state index in [1.54, 1.807) is 53.4 Å². The summed E-state index contributed by atoms with van der Waals surface area (Å²) in [5, 5.41) is 0. The molecule has 1 aliphatic heterocycles. The van der Waals surface area contributed by atoms with Crippen LogP contribution in [0, 0.1) is 6.92 Å². The first-order valence-electron chi connectivity index (χ1n) is 8.53. The van der Waals surface area contributed by atoms with Crippen molar-refractivity contribution in [3.05, 3.63) is 89.5 Å². The van der Waals surface area contributed by atoms with Crippen LogP contribution in [0.4, 0.5) is 11.4 Å². The van der Waals surface area contributed by atoms with Gasteiger partial charge >= 0.3 is 0 Å². The number of amides is 1. The molecule has 0 unspecified atom stereocenters. The molecule has 0 spiro atoms. The maximum Gasteiger partial charge on any atom is 0.261 e. The van der Waals surface area contributed by atoms with E-state index in [0.29, 0.717) is 17.8 Å². The second kappa shape index (κ2) is 6.55. The maximum atomic E-state index is 12.5. The number of rotatable bonds is 4. The van der Waals surface area contributed by atoms with Crippen molar-refractivity contribution in [2.45, 2.75) is 18.4 Å². The van der Waals surface area contributed by atoms with E-state index in [0.717, 1.165) is 16.8 Å². The van der Waals surface area contributed by atoms with E-state index in [4.69, 9.17) is 0 Å². The molecule has 3 aromatic carbocycles. The highest BCUT2D eigenvalue weighted by molar-refractivity contribution is 7.92. The highest BCUT2D eigenvalue weighted by atomic mass is 32.2. The Morgan fingerprint density at radius 3 is 2.22 bits per heavy atom. The van der Waals surface area contributed by atoms with Gasteiger partial charge in [-0.05, 0) is 55.0 Å². The molecule has 0 aromatic heterocycles. The molecule has 0 atom stereocenters. The topological polar surface area (TPSA) is 66.5 Å². The van der Waals surface area contributed by atoms with Gasteiger partial charge in [-0.25, -0.2) is 8.42 Å². The zero-order valence-electron chi connectivity index (χ0n) is 14.7. The van der Waals surface area contributed by atoms with Crippen molar-refractivity contribution >= 4 is 27.3 Å². The monoisotopic (exact) mass is 378 g/mol. The number of aryl methyl sites for hydroxylation is 1. The first kappa shape index (κ1) is 17.3. The lowest BCUT2D eigenvalue weighted by Gasteiger charge is -2.16. The Balaban J connectivity index is 1.53. The van der Waals surface area contributed by atoms with Gasteiger partial charge in [0.25, 0.3) is 15.9 Å². The molecule has 1 N–H and O–H groups in total. The zero-order valence-corrected chi connectivity index (χ0v) is 15.5. The van der Waals surface area contributed by atoms with Gasteiger partial charge in [0.1, 0.15) is 0 Å². The van der Waals surface area contributed by atoms with Crippen LogP contribution in [-0.2, 0) is 16.6 Å². The Morgan fingerprint density at radius 2 is 1.56 bits per heavy atom. The third-order valence-electron chi connectivity index (χ3n) is 4.58. The molecule has 6 heteroatoms. The summed E-state index contributed by atoms with van der Waals surface area (Å²) in [6.45, 7) is 2.42. The van der Waals surface area contributed by atoms with Gasteiger partial charge in [-0.1, -0.05) is 35.9 Å². The Hall–Kier alpha value is -3.12. The van der Waals surface area contributed by atoms with E-state index in [1.807, 2.05) is 31.2 Å². The van der Waals surface area contributed by atoms with Gasteiger partial charge in [0.2, 0.25) is 0 Å². The fourth-order valence-corrected chi connectivity index (χ4v) is 4.16. The number of carbonyl (C=O) groups excluding carboxylic acids is 1. The van der Waals surface area contributed by atoms with Crippen LogP contribution in [0.2, 0.25) is 0 Å². The summed E-state index contributed by atoms with van der Waals surface area (Å²) in [6, 6.07) is 21.0. The fraction of sp³-hybridized carbons (Fsp3) is 0.0952. The Labute approximate surface area is 158 Å². The van der Waals surface area contributed by atoms with Crippen molar-refractivity contribution in [1.29, 1.82) is 0 Å². The van der Waals surface area contributed by atoms with Crippen molar-refractivity contribution in [2.75, 3.05) is 9.62 Å². The van der Waals surface area contributed by atoms with Gasteiger partial charge in [0.15, 0.2) is 0 Å². The number of benzene rings is 3. The molecule has 0 fully saturated rings. The third-order valence-corrected chi connectivity index (χ3v) is 5.98. The molecule has 1 aliphatic rings. The molecular weight excluding hydrogens is 360 g/mol. The molecule has 0 saturated heterocycles. The van der Waals surface area contributed by atoms with Gasteiger partial charge in [-0.2, -0.15) is 0 Å². The average molecular weight is 378 g/mol. The number of hydrogen-bond acceptors (Lipinski definition) is 3. The summed E-state index contributed by atoms with van der Waals surface area (Å²) < 4.78 is 27.5. The van der Waals surface area contributed by atoms with Crippen LogP contribution >= 0.6 is 0 Å². The maximum absolute atomic E-state index is 12.5. The Bertz CT molecular complexity index is 1100. The average Bonchev–Trinajstić information content (AvgIpc) is 3.00. The van der Waals surface area contributed by atoms with Gasteiger partial charge in [0, 0.05) is 16.9 Å². The molecule has 0 radical (unpaired) electrons. The van der Waals surface area contributed by atoms with Crippen LogP contribution in [0.1, 0.15) is 21.5 Å². The molecule has 5 nitrogen and oxygen atoms in total. The van der Waals surface area contributed by atoms with E-state index in [9.17, 15) is 13.2 Å². The smallest absolute Gasteiger partial charge is 0.261 e. The minimum atomic E-state index is -3.65. The normalized spacial score (nSPS) is 13.5. The predicted octanol–water partition coefficient (Wildman–Crippen LogP) is 3.96. The van der Waals surface area contributed by atoms with Crippen molar-refractivity contribution in [1.82, 2.24) is 0 Å². The van der Waals surface area contributed by atoms with Crippen LogP contribution in [0.5, 0.6) is 0 Å². The number of carbonyl (C=O) groups is 1. The molecular formula is C21H18N2O3S. The molecule has 1 amide bonds. The summed E-state index contributed by atoms with van der Waals surface area (Å²) >= 11 is 0. The number of nitrogens with one attached hydrogen (secondary N) is 1. The summed E-state index contributed by atoms with van der Waals surface area (Å²) in [5.41, 5.74) is 3.88. The second-order valence-electron chi connectivity index (χ2n) is 6.51. The van der Waals surface area contributed by atoms with E-state index in [-0.39, 0.29) is 10.8 Å². The number of anilines is 2. The highest BCUT2D eigenvalue weighted by Crippen LogP contribution is 2.29. The van der Waals surface area contributed by atoms with E-state index < -0.39 is 10.0 Å². The van der Waals surface area contributed by atoms with Gasteiger partial charge in [-0.3, -0.25) is 9.52 Å². The van der Waals surface area contributed by atoms with Crippen molar-refractivity contribution in [3.8, 4) is 0 Å². The summed E-state index contributed by atoms with van der Waals surface area (Å²) in [4.78, 5) is 14.4. The van der Waals surface area contributed by atoms with Crippen LogP contribution in [0.15, 0.2) is 77.7 Å². The summed E-state index contributed by atoms with van der Waals surface area (Å²) in [6.07, 6.45) is 0. The number of nitrogens with zero attached hydrogens (tertiary/aromatic N) is 1. The van der Waals surface area contributed by atoms with E-state index in [2.05, 4.69) is 4.72 Å². The SMILES string of the molecule is Cc1ccc(S(=O)(=O)Nc2ccc(N3Cc4ccccc4C3=O)cc2)cc1. The molecule has 27 heavy (non-hydrogen) atoms. The Kier molecular flexibility index (Phi) is 4.20. The summed E-state index contributed by atoms with van der Waals surface area (Å²) in [7, 11) is -3.65. The molecule has 1 heterocycles. The minimum Gasteiger partial charge on any atom is -0.304 e. The zero-order chi connectivity index (χ0) is 19.0. The first-order valence-corrected chi connectivity index (χ1v) is 10.0. The quantitative estimate of drug-likeness (QED) is 0.747. The van der Waals surface area contributed by atoms with Crippen molar-refractivity contribution in [2.24, 2.45) is 0 Å². The molecule has 0 bridgehead atoms. The number of hydrogen-bond donors (Lipinski definition) is 1. The lowest BCUT2D eigenvalue weighted by molar-refractivity contribution is 0.0996. The van der Waals surface area contributed by atoms with Gasteiger partial charge in [0.05, 0.1) is 11.4 Å². The van der Waals surface area contributed by atoms with Crippen molar-refractivity contribution in [3.63, 3.8) is 0 Å². The van der Waals surface area contributed by atoms with E-state index in [1.165, 1.54) is 0 Å². The third kappa shape index (κ3) is 3.31.